The summed E-state index contributed by atoms with van der Waals surface area (Å²) in [6.45, 7) is 7.73. The maximum absolute atomic E-state index is 11.7. The number of hydrogen-bond acceptors (Lipinski definition) is 4. The second-order valence-corrected chi connectivity index (χ2v) is 3.40. The van der Waals surface area contributed by atoms with Crippen LogP contribution in [0.1, 0.15) is 0 Å². The highest BCUT2D eigenvalue weighted by Gasteiger charge is 2.20. The lowest BCUT2D eigenvalue weighted by Crippen LogP contribution is -2.45. The first-order valence-corrected chi connectivity index (χ1v) is 5.45. The quantitative estimate of drug-likeness (QED) is 0.375. The lowest BCUT2D eigenvalue weighted by atomic mass is 10.4. The van der Waals surface area contributed by atoms with Gasteiger partial charge in [0.2, 0.25) is 0 Å². The van der Waals surface area contributed by atoms with Crippen LogP contribution in [-0.2, 0) is 19.1 Å². The first-order chi connectivity index (χ1) is 8.60. The predicted octanol–water partition coefficient (Wildman–Crippen LogP) is -0.0779. The van der Waals surface area contributed by atoms with Gasteiger partial charge in [0, 0.05) is 27.3 Å². The Bertz CT molecular complexity index is 290. The van der Waals surface area contributed by atoms with Crippen molar-refractivity contribution >= 4 is 11.8 Å². The largest absolute Gasteiger partial charge is 0.354 e. The fourth-order valence-corrected chi connectivity index (χ4v) is 1.21. The summed E-state index contributed by atoms with van der Waals surface area (Å²) in [6.07, 6.45) is 2.51. The van der Waals surface area contributed by atoms with Crippen molar-refractivity contribution in [1.29, 1.82) is 0 Å². The molecule has 2 amide bonds. The Hall–Kier alpha value is -1.66. The van der Waals surface area contributed by atoms with Crippen molar-refractivity contribution in [2.45, 2.75) is 6.29 Å². The van der Waals surface area contributed by atoms with Crippen molar-refractivity contribution in [3.8, 4) is 0 Å². The normalized spacial score (nSPS) is 9.94. The molecule has 0 aromatic carbocycles. The third-order valence-electron chi connectivity index (χ3n) is 2.14. The van der Waals surface area contributed by atoms with Crippen LogP contribution in [0, 0.1) is 0 Å². The summed E-state index contributed by atoms with van der Waals surface area (Å²) in [5.41, 5.74) is 0. The SMILES string of the molecule is C=CCN(CC=C)C(=O)C(=O)NCC(OC)OC. The Morgan fingerprint density at radius 2 is 1.72 bits per heavy atom. The number of nitrogens with one attached hydrogen (secondary N) is 1. The topological polar surface area (TPSA) is 67.9 Å². The zero-order chi connectivity index (χ0) is 14.0. The average molecular weight is 256 g/mol. The van der Waals surface area contributed by atoms with Crippen LogP contribution in [0.15, 0.2) is 25.3 Å². The second kappa shape index (κ2) is 9.38. The van der Waals surface area contributed by atoms with E-state index in [1.807, 2.05) is 0 Å². The maximum atomic E-state index is 11.7. The van der Waals surface area contributed by atoms with Gasteiger partial charge in [0.1, 0.15) is 0 Å². The Balaban J connectivity index is 4.33. The smallest absolute Gasteiger partial charge is 0.312 e. The van der Waals surface area contributed by atoms with Crippen molar-refractivity contribution < 1.29 is 19.1 Å². The van der Waals surface area contributed by atoms with E-state index >= 15 is 0 Å². The highest BCUT2D eigenvalue weighted by atomic mass is 16.7. The van der Waals surface area contributed by atoms with Gasteiger partial charge in [-0.3, -0.25) is 9.59 Å². The molecule has 0 saturated carbocycles. The van der Waals surface area contributed by atoms with Gasteiger partial charge in [0.15, 0.2) is 6.29 Å². The zero-order valence-electron chi connectivity index (χ0n) is 10.8. The third-order valence-corrected chi connectivity index (χ3v) is 2.14. The summed E-state index contributed by atoms with van der Waals surface area (Å²) in [7, 11) is 2.90. The van der Waals surface area contributed by atoms with Crippen molar-refractivity contribution in [3.63, 3.8) is 0 Å². The molecule has 0 rings (SSSR count). The monoisotopic (exact) mass is 256 g/mol. The third kappa shape index (κ3) is 5.60. The van der Waals surface area contributed by atoms with Gasteiger partial charge in [-0.05, 0) is 0 Å². The molecule has 6 nitrogen and oxygen atoms in total. The summed E-state index contributed by atoms with van der Waals surface area (Å²) in [6, 6.07) is 0. The van der Waals surface area contributed by atoms with Gasteiger partial charge in [-0.1, -0.05) is 12.2 Å². The molecule has 0 atom stereocenters. The lowest BCUT2D eigenvalue weighted by Gasteiger charge is -2.19. The molecule has 0 aromatic rings. The van der Waals surface area contributed by atoms with Crippen LogP contribution >= 0.6 is 0 Å². The van der Waals surface area contributed by atoms with Gasteiger partial charge < -0.3 is 19.7 Å². The summed E-state index contributed by atoms with van der Waals surface area (Å²) in [5, 5.41) is 2.43. The minimum atomic E-state index is -0.710. The molecular formula is C12H20N2O4. The van der Waals surface area contributed by atoms with Gasteiger partial charge in [0.05, 0.1) is 6.54 Å². The van der Waals surface area contributed by atoms with Gasteiger partial charge >= 0.3 is 11.8 Å². The Morgan fingerprint density at radius 1 is 1.22 bits per heavy atom. The number of nitrogens with zero attached hydrogens (tertiary/aromatic N) is 1. The molecule has 1 N–H and O–H groups in total. The molecule has 0 unspecified atom stereocenters. The van der Waals surface area contributed by atoms with E-state index in [0.717, 1.165) is 0 Å². The molecule has 0 saturated heterocycles. The molecule has 6 heteroatoms. The second-order valence-electron chi connectivity index (χ2n) is 3.40. The lowest BCUT2D eigenvalue weighted by molar-refractivity contribution is -0.147. The van der Waals surface area contributed by atoms with Gasteiger partial charge in [-0.25, -0.2) is 0 Å². The minimum absolute atomic E-state index is 0.105. The highest BCUT2D eigenvalue weighted by Crippen LogP contribution is 1.93. The van der Waals surface area contributed by atoms with Crippen LogP contribution in [0.3, 0.4) is 0 Å². The summed E-state index contributed by atoms with van der Waals surface area (Å²) >= 11 is 0. The van der Waals surface area contributed by atoms with Crippen LogP contribution in [0.5, 0.6) is 0 Å². The molecule has 0 radical (unpaired) electrons. The fourth-order valence-electron chi connectivity index (χ4n) is 1.21. The number of carbonyl (C=O) groups is 2. The molecule has 0 spiro atoms. The van der Waals surface area contributed by atoms with Crippen LogP contribution in [-0.4, -0.2) is 56.9 Å². The van der Waals surface area contributed by atoms with Crippen LogP contribution in [0.25, 0.3) is 0 Å². The van der Waals surface area contributed by atoms with Crippen molar-refractivity contribution in [2.24, 2.45) is 0 Å². The molecule has 18 heavy (non-hydrogen) atoms. The van der Waals surface area contributed by atoms with Crippen LogP contribution in [0.4, 0.5) is 0 Å². The molecule has 0 aliphatic heterocycles. The van der Waals surface area contributed by atoms with Crippen molar-refractivity contribution in [1.82, 2.24) is 10.2 Å². The maximum Gasteiger partial charge on any atom is 0.312 e. The molecule has 0 aliphatic carbocycles. The number of carbonyl (C=O) groups excluding carboxylic acids is 2. The first kappa shape index (κ1) is 16.3. The standard InChI is InChI=1S/C12H20N2O4/c1-5-7-14(8-6-2)12(16)11(15)13-9-10(17-3)18-4/h5-6,10H,1-2,7-9H2,3-4H3,(H,13,15). The molecule has 0 heterocycles. The Morgan fingerprint density at radius 3 is 2.11 bits per heavy atom. The van der Waals surface area contributed by atoms with E-state index in [9.17, 15) is 9.59 Å². The number of rotatable bonds is 8. The molecule has 0 aliphatic rings. The molecule has 0 aromatic heterocycles. The summed E-state index contributed by atoms with van der Waals surface area (Å²) < 4.78 is 9.78. The van der Waals surface area contributed by atoms with E-state index in [1.54, 1.807) is 12.2 Å². The summed E-state index contributed by atoms with van der Waals surface area (Å²) in [5.74, 6) is -1.35. The highest BCUT2D eigenvalue weighted by molar-refractivity contribution is 6.35. The van der Waals surface area contributed by atoms with Gasteiger partial charge in [0.25, 0.3) is 0 Å². The van der Waals surface area contributed by atoms with E-state index in [-0.39, 0.29) is 19.6 Å². The fraction of sp³-hybridized carbons (Fsp3) is 0.500. The predicted molar refractivity (Wildman–Crippen MR) is 67.8 cm³/mol. The number of ether oxygens (including phenoxy) is 2. The van der Waals surface area contributed by atoms with Crippen LogP contribution in [0.2, 0.25) is 0 Å². The van der Waals surface area contributed by atoms with E-state index in [1.165, 1.54) is 19.1 Å². The van der Waals surface area contributed by atoms with E-state index in [0.29, 0.717) is 0 Å². The van der Waals surface area contributed by atoms with Crippen molar-refractivity contribution in [3.05, 3.63) is 25.3 Å². The van der Waals surface area contributed by atoms with Crippen molar-refractivity contribution in [2.75, 3.05) is 33.9 Å². The number of amides is 2. The number of hydrogen-bond donors (Lipinski definition) is 1. The Labute approximate surface area is 107 Å². The number of methoxy groups -OCH3 is 2. The van der Waals surface area contributed by atoms with E-state index in [4.69, 9.17) is 9.47 Å². The van der Waals surface area contributed by atoms with E-state index < -0.39 is 18.1 Å². The minimum Gasteiger partial charge on any atom is -0.354 e. The zero-order valence-corrected chi connectivity index (χ0v) is 10.8. The van der Waals surface area contributed by atoms with E-state index in [2.05, 4.69) is 18.5 Å². The van der Waals surface area contributed by atoms with Gasteiger partial charge in [-0.2, -0.15) is 0 Å². The molecule has 0 fully saturated rings. The summed E-state index contributed by atoms with van der Waals surface area (Å²) in [4.78, 5) is 24.7. The molecule has 102 valence electrons. The van der Waals surface area contributed by atoms with Crippen LogP contribution < -0.4 is 5.32 Å². The van der Waals surface area contributed by atoms with Gasteiger partial charge in [-0.15, -0.1) is 13.2 Å². The molecule has 0 bridgehead atoms. The Kier molecular flexibility index (Phi) is 8.51. The average Bonchev–Trinajstić information content (AvgIpc) is 2.38. The first-order valence-electron chi connectivity index (χ1n) is 5.45. The molecular weight excluding hydrogens is 236 g/mol.